The Morgan fingerprint density at radius 2 is 1.78 bits per heavy atom. The number of alkyl carbamates (subject to hydrolysis) is 1. The fourth-order valence-corrected chi connectivity index (χ4v) is 4.36. The van der Waals surface area contributed by atoms with E-state index in [4.69, 9.17) is 4.74 Å². The number of carbonyl (C=O) groups is 2. The number of hydrogen-bond acceptors (Lipinski definition) is 3. The monoisotopic (exact) mass is 372 g/mol. The van der Waals surface area contributed by atoms with Crippen LogP contribution in [0.5, 0.6) is 0 Å². The Balaban J connectivity index is 1.51. The van der Waals surface area contributed by atoms with Crippen LogP contribution in [0.25, 0.3) is 0 Å². The summed E-state index contributed by atoms with van der Waals surface area (Å²) < 4.78 is 4.88. The molecule has 0 radical (unpaired) electrons. The van der Waals surface area contributed by atoms with Crippen LogP contribution >= 0.6 is 0 Å². The van der Waals surface area contributed by atoms with Crippen LogP contribution in [-0.4, -0.2) is 43.1 Å². The first-order chi connectivity index (χ1) is 13.0. The molecular formula is C22H32N2O3. The number of nitrogens with one attached hydrogen (secondary N) is 1. The van der Waals surface area contributed by atoms with E-state index in [-0.39, 0.29) is 11.8 Å². The van der Waals surface area contributed by atoms with Crippen molar-refractivity contribution in [2.24, 2.45) is 17.8 Å². The number of likely N-dealkylation sites (tertiary alicyclic amines) is 1. The third-order valence-electron chi connectivity index (χ3n) is 6.10. The van der Waals surface area contributed by atoms with Gasteiger partial charge < -0.3 is 15.0 Å². The minimum absolute atomic E-state index is 0.162. The van der Waals surface area contributed by atoms with Crippen molar-refractivity contribution in [3.63, 3.8) is 0 Å². The molecule has 1 heterocycles. The summed E-state index contributed by atoms with van der Waals surface area (Å²) in [5, 5.41) is 2.70. The first kappa shape index (κ1) is 19.7. The SMILES string of the molecule is CCOC(=O)NC[C@@H](CC)C(=O)N1C[C@@H]2[C@H](C1)[C@H]2c1ccc(C(C)C)cc1. The zero-order valence-electron chi connectivity index (χ0n) is 16.9. The normalized spacial score (nSPS) is 24.5. The first-order valence-corrected chi connectivity index (χ1v) is 10.2. The molecule has 0 aromatic heterocycles. The standard InChI is InChI=1S/C22H32N2O3/c1-5-15(11-23-22(26)27-6-2)21(25)24-12-18-19(13-24)20(18)17-9-7-16(8-10-17)14(3)4/h7-10,14-15,18-20H,5-6,11-13H2,1-4H3,(H,23,26)/t15-,18-,19+,20+/m1/s1. The number of piperidine rings is 1. The van der Waals surface area contributed by atoms with Gasteiger partial charge in [0.2, 0.25) is 5.91 Å². The molecule has 148 valence electrons. The van der Waals surface area contributed by atoms with E-state index in [0.717, 1.165) is 19.5 Å². The van der Waals surface area contributed by atoms with Crippen molar-refractivity contribution < 1.29 is 14.3 Å². The van der Waals surface area contributed by atoms with Gasteiger partial charge in [-0.25, -0.2) is 4.79 Å². The molecule has 2 fully saturated rings. The van der Waals surface area contributed by atoms with Gasteiger partial charge >= 0.3 is 6.09 Å². The van der Waals surface area contributed by atoms with Crippen molar-refractivity contribution >= 4 is 12.0 Å². The second kappa shape index (κ2) is 8.32. The zero-order chi connectivity index (χ0) is 19.6. The predicted octanol–water partition coefficient (Wildman–Crippen LogP) is 3.75. The molecule has 1 saturated heterocycles. The fraction of sp³-hybridized carbons (Fsp3) is 0.636. The van der Waals surface area contributed by atoms with Gasteiger partial charge in [-0.05, 0) is 48.1 Å². The van der Waals surface area contributed by atoms with Crippen molar-refractivity contribution in [3.05, 3.63) is 35.4 Å². The molecule has 1 N–H and O–H groups in total. The number of benzene rings is 1. The van der Waals surface area contributed by atoms with Crippen LogP contribution in [0.1, 0.15) is 57.1 Å². The van der Waals surface area contributed by atoms with Crippen LogP contribution < -0.4 is 5.32 Å². The molecule has 0 spiro atoms. The number of rotatable bonds is 7. The molecule has 0 unspecified atom stereocenters. The van der Waals surface area contributed by atoms with Gasteiger partial charge in [0.05, 0.1) is 12.5 Å². The number of amides is 2. The lowest BCUT2D eigenvalue weighted by Gasteiger charge is -2.25. The summed E-state index contributed by atoms with van der Waals surface area (Å²) >= 11 is 0. The summed E-state index contributed by atoms with van der Waals surface area (Å²) in [5.74, 6) is 2.34. The molecule has 0 bridgehead atoms. The van der Waals surface area contributed by atoms with E-state index in [1.807, 2.05) is 11.8 Å². The molecule has 2 aliphatic rings. The maximum absolute atomic E-state index is 12.8. The molecule has 1 aromatic rings. The van der Waals surface area contributed by atoms with Crippen LogP contribution in [0.3, 0.4) is 0 Å². The van der Waals surface area contributed by atoms with Crippen molar-refractivity contribution in [3.8, 4) is 0 Å². The average Bonchev–Trinajstić information content (AvgIpc) is 3.15. The minimum atomic E-state index is -0.446. The van der Waals surface area contributed by atoms with Gasteiger partial charge in [0.25, 0.3) is 0 Å². The van der Waals surface area contributed by atoms with Crippen molar-refractivity contribution in [1.29, 1.82) is 0 Å². The van der Waals surface area contributed by atoms with Crippen LogP contribution in [0, 0.1) is 17.8 Å². The van der Waals surface area contributed by atoms with E-state index >= 15 is 0 Å². The summed E-state index contributed by atoms with van der Waals surface area (Å²) in [6.45, 7) is 10.6. The van der Waals surface area contributed by atoms with Gasteiger partial charge in [-0.3, -0.25) is 4.79 Å². The second-order valence-corrected chi connectivity index (χ2v) is 8.12. The second-order valence-electron chi connectivity index (χ2n) is 8.12. The molecule has 5 nitrogen and oxygen atoms in total. The Labute approximate surface area is 162 Å². The molecule has 1 aliphatic heterocycles. The smallest absolute Gasteiger partial charge is 0.407 e. The summed E-state index contributed by atoms with van der Waals surface area (Å²) in [4.78, 5) is 26.3. The lowest BCUT2D eigenvalue weighted by molar-refractivity contribution is -0.135. The van der Waals surface area contributed by atoms with Crippen LogP contribution in [-0.2, 0) is 9.53 Å². The lowest BCUT2D eigenvalue weighted by Crippen LogP contribution is -2.41. The molecular weight excluding hydrogens is 340 g/mol. The minimum Gasteiger partial charge on any atom is -0.450 e. The van der Waals surface area contributed by atoms with Crippen molar-refractivity contribution in [2.75, 3.05) is 26.2 Å². The first-order valence-electron chi connectivity index (χ1n) is 10.2. The molecule has 27 heavy (non-hydrogen) atoms. The number of carbonyl (C=O) groups excluding carboxylic acids is 2. The average molecular weight is 373 g/mol. The third kappa shape index (κ3) is 4.28. The van der Waals surface area contributed by atoms with Crippen molar-refractivity contribution in [2.45, 2.75) is 46.0 Å². The molecule has 3 rings (SSSR count). The van der Waals surface area contributed by atoms with Gasteiger partial charge in [0, 0.05) is 19.6 Å². The number of ether oxygens (including phenoxy) is 1. The Kier molecular flexibility index (Phi) is 6.08. The van der Waals surface area contributed by atoms with E-state index < -0.39 is 6.09 Å². The van der Waals surface area contributed by atoms with Crippen LogP contribution in [0.2, 0.25) is 0 Å². The van der Waals surface area contributed by atoms with E-state index in [0.29, 0.717) is 36.8 Å². The predicted molar refractivity (Wildman–Crippen MR) is 106 cm³/mol. The Morgan fingerprint density at radius 3 is 2.30 bits per heavy atom. The quantitative estimate of drug-likeness (QED) is 0.793. The van der Waals surface area contributed by atoms with E-state index in [9.17, 15) is 9.59 Å². The largest absolute Gasteiger partial charge is 0.450 e. The third-order valence-corrected chi connectivity index (χ3v) is 6.10. The molecule has 1 saturated carbocycles. The van der Waals surface area contributed by atoms with Gasteiger partial charge in [-0.15, -0.1) is 0 Å². The van der Waals surface area contributed by atoms with Crippen LogP contribution in [0.4, 0.5) is 4.79 Å². The molecule has 4 atom stereocenters. The highest BCUT2D eigenvalue weighted by atomic mass is 16.5. The van der Waals surface area contributed by atoms with Crippen molar-refractivity contribution in [1.82, 2.24) is 10.2 Å². The highest BCUT2D eigenvalue weighted by molar-refractivity contribution is 5.80. The Bertz CT molecular complexity index is 659. The Hall–Kier alpha value is -2.04. The summed E-state index contributed by atoms with van der Waals surface area (Å²) in [6.07, 6.45) is 0.273. The maximum Gasteiger partial charge on any atom is 0.407 e. The Morgan fingerprint density at radius 1 is 1.15 bits per heavy atom. The topological polar surface area (TPSA) is 58.6 Å². The number of fused-ring (bicyclic) bond motifs is 1. The van der Waals surface area contributed by atoms with Gasteiger partial charge in [-0.2, -0.15) is 0 Å². The number of nitrogens with zero attached hydrogens (tertiary/aromatic N) is 1. The van der Waals surface area contributed by atoms with Gasteiger partial charge in [0.1, 0.15) is 0 Å². The summed E-state index contributed by atoms with van der Waals surface area (Å²) in [6, 6.07) is 9.02. The highest BCUT2D eigenvalue weighted by Crippen LogP contribution is 2.58. The molecule has 2 amide bonds. The zero-order valence-corrected chi connectivity index (χ0v) is 16.9. The fourth-order valence-electron chi connectivity index (χ4n) is 4.36. The maximum atomic E-state index is 12.8. The summed E-state index contributed by atoms with van der Waals surface area (Å²) in [5.41, 5.74) is 2.79. The highest BCUT2D eigenvalue weighted by Gasteiger charge is 2.57. The van der Waals surface area contributed by atoms with E-state index in [2.05, 4.69) is 43.4 Å². The van der Waals surface area contributed by atoms with Gasteiger partial charge in [0.15, 0.2) is 0 Å². The van der Waals surface area contributed by atoms with Crippen LogP contribution in [0.15, 0.2) is 24.3 Å². The molecule has 5 heteroatoms. The summed E-state index contributed by atoms with van der Waals surface area (Å²) in [7, 11) is 0. The lowest BCUT2D eigenvalue weighted by atomic mass is 9.99. The molecule has 1 aromatic carbocycles. The molecule has 1 aliphatic carbocycles. The van der Waals surface area contributed by atoms with E-state index in [1.165, 1.54) is 11.1 Å². The number of hydrogen-bond donors (Lipinski definition) is 1. The van der Waals surface area contributed by atoms with Gasteiger partial charge in [-0.1, -0.05) is 45.0 Å². The van der Waals surface area contributed by atoms with E-state index in [1.54, 1.807) is 6.92 Å².